The number of rotatable bonds is 4. The van der Waals surface area contributed by atoms with Crippen LogP contribution in [-0.2, 0) is 0 Å². The summed E-state index contributed by atoms with van der Waals surface area (Å²) in [5.41, 5.74) is 7.11. The summed E-state index contributed by atoms with van der Waals surface area (Å²) >= 11 is 0. The van der Waals surface area contributed by atoms with Crippen LogP contribution < -0.4 is 5.73 Å². The zero-order chi connectivity index (χ0) is 25.2. The van der Waals surface area contributed by atoms with Crippen LogP contribution in [0.2, 0.25) is 0 Å². The second-order valence-corrected chi connectivity index (χ2v) is 11.7. The summed E-state index contributed by atoms with van der Waals surface area (Å²) in [7, 11) is -9.88. The number of nitrogens with one attached hydrogen (secondary N) is 1. The molecule has 2 fully saturated rings. The molecule has 0 bridgehead atoms. The molecule has 190 valence electrons. The molecule has 35 heavy (non-hydrogen) atoms. The summed E-state index contributed by atoms with van der Waals surface area (Å²) in [6, 6.07) is 2.95. The van der Waals surface area contributed by atoms with Crippen molar-refractivity contribution in [2.45, 2.75) is 48.5 Å². The quantitative estimate of drug-likeness (QED) is 0.315. The van der Waals surface area contributed by atoms with Crippen molar-refractivity contribution in [2.24, 2.45) is 0 Å². The van der Waals surface area contributed by atoms with E-state index in [1.807, 2.05) is 6.07 Å². The van der Waals surface area contributed by atoms with E-state index in [0.29, 0.717) is 50.5 Å². The van der Waals surface area contributed by atoms with Crippen LogP contribution in [0, 0.1) is 0 Å². The molecule has 1 saturated carbocycles. The number of carbonyl (C=O) groups is 1. The number of carbonyl (C=O) groups excluding carboxylic acids is 1. The van der Waals surface area contributed by atoms with Gasteiger partial charge in [0.25, 0.3) is 5.91 Å². The molecule has 3 heterocycles. The molecule has 1 aliphatic carbocycles. The number of aromatic nitrogens is 3. The van der Waals surface area contributed by atoms with E-state index in [0.717, 1.165) is 16.9 Å². The Balaban J connectivity index is 1.30. The van der Waals surface area contributed by atoms with Gasteiger partial charge in [-0.3, -0.25) is 4.79 Å². The van der Waals surface area contributed by atoms with Gasteiger partial charge in [0.15, 0.2) is 5.65 Å². The molecule has 4 N–H and O–H groups in total. The Hall–Kier alpha value is -2.93. The summed E-state index contributed by atoms with van der Waals surface area (Å²) in [5, 5.41) is 9.57. The summed E-state index contributed by atoms with van der Waals surface area (Å²) in [4.78, 5) is 24.5. The van der Waals surface area contributed by atoms with Gasteiger partial charge in [0.1, 0.15) is 16.2 Å². The van der Waals surface area contributed by atoms with Gasteiger partial charge in [-0.2, -0.15) is 0 Å². The summed E-state index contributed by atoms with van der Waals surface area (Å²) < 4.78 is 65.2. The van der Waals surface area contributed by atoms with E-state index in [1.54, 1.807) is 6.20 Å². The highest BCUT2D eigenvalue weighted by Crippen LogP contribution is 3.02. The van der Waals surface area contributed by atoms with Crippen LogP contribution in [0.25, 0.3) is 11.2 Å². The highest BCUT2D eigenvalue weighted by Gasteiger charge is 2.65. The average Bonchev–Trinajstić information content (AvgIpc) is 3.19. The number of anilines is 1. The van der Waals surface area contributed by atoms with Crippen LogP contribution in [0.1, 0.15) is 59.3 Å². The maximum atomic E-state index is 13.0. The fourth-order valence-corrected chi connectivity index (χ4v) is 5.50. The Kier molecular flexibility index (Phi) is 4.96. The lowest BCUT2D eigenvalue weighted by atomic mass is 9.82. The van der Waals surface area contributed by atoms with Crippen LogP contribution in [0.4, 0.5) is 25.1 Å². The third-order valence-corrected chi connectivity index (χ3v) is 8.00. The number of H-pyrrole nitrogens is 1. The second kappa shape index (κ2) is 7.29. The SMILES string of the molecule is Nc1cc(S(F)(F)(F)(F)F)ccc1C(=O)N1CCC(c2ccnc3[nH]c([C@H]4C[C@@H](O)C4)nc23)CC1. The first-order valence-corrected chi connectivity index (χ1v) is 13.1. The first-order chi connectivity index (χ1) is 16.2. The Morgan fingerprint density at radius 2 is 1.77 bits per heavy atom. The Morgan fingerprint density at radius 1 is 1.09 bits per heavy atom. The van der Waals surface area contributed by atoms with E-state index in [4.69, 9.17) is 10.7 Å². The Morgan fingerprint density at radius 3 is 2.37 bits per heavy atom. The number of hydrogen-bond donors (Lipinski definition) is 3. The monoisotopic (exact) mass is 517 g/mol. The number of aliphatic hydroxyl groups is 1. The van der Waals surface area contributed by atoms with Crippen molar-refractivity contribution in [1.82, 2.24) is 19.9 Å². The van der Waals surface area contributed by atoms with E-state index < -0.39 is 26.7 Å². The summed E-state index contributed by atoms with van der Waals surface area (Å²) in [5.74, 6) is 0.451. The topological polar surface area (TPSA) is 108 Å². The van der Waals surface area contributed by atoms with Crippen molar-refractivity contribution in [2.75, 3.05) is 18.8 Å². The lowest BCUT2D eigenvalue weighted by molar-refractivity contribution is 0.0710. The Labute approximate surface area is 197 Å². The van der Waals surface area contributed by atoms with Gasteiger partial charge >= 0.3 is 10.2 Å². The average molecular weight is 518 g/mol. The zero-order valence-electron chi connectivity index (χ0n) is 18.4. The lowest BCUT2D eigenvalue weighted by Gasteiger charge is -2.40. The molecule has 1 amide bonds. The van der Waals surface area contributed by atoms with Crippen molar-refractivity contribution in [3.05, 3.63) is 47.4 Å². The molecule has 3 aromatic rings. The van der Waals surface area contributed by atoms with Crippen molar-refractivity contribution in [3.63, 3.8) is 0 Å². The number of aromatic amines is 1. The third kappa shape index (κ3) is 4.54. The van der Waals surface area contributed by atoms with E-state index in [9.17, 15) is 29.3 Å². The first-order valence-electron chi connectivity index (χ1n) is 11.1. The van der Waals surface area contributed by atoms with E-state index >= 15 is 0 Å². The van der Waals surface area contributed by atoms with Crippen molar-refractivity contribution in [1.29, 1.82) is 0 Å². The van der Waals surface area contributed by atoms with Gasteiger partial charge in [-0.05, 0) is 61.4 Å². The molecular weight excluding hydrogens is 493 g/mol. The van der Waals surface area contributed by atoms with Gasteiger partial charge < -0.3 is 20.7 Å². The molecule has 0 radical (unpaired) electrons. The number of halogens is 5. The normalized spacial score (nSPS) is 23.5. The van der Waals surface area contributed by atoms with Crippen molar-refractivity contribution >= 4 is 33.0 Å². The number of amides is 1. The third-order valence-electron chi connectivity index (χ3n) is 6.85. The number of fused-ring (bicyclic) bond motifs is 1. The number of imidazole rings is 1. The maximum absolute atomic E-state index is 13.0. The van der Waals surface area contributed by atoms with Gasteiger partial charge in [-0.25, -0.2) is 9.97 Å². The maximum Gasteiger partial charge on any atom is 0.310 e. The largest absolute Gasteiger partial charge is 0.398 e. The van der Waals surface area contributed by atoms with Gasteiger partial charge in [-0.15, -0.1) is 0 Å². The number of aliphatic hydroxyl groups excluding tert-OH is 1. The van der Waals surface area contributed by atoms with Crippen LogP contribution in [0.5, 0.6) is 0 Å². The van der Waals surface area contributed by atoms with E-state index in [-0.39, 0.29) is 35.6 Å². The summed E-state index contributed by atoms with van der Waals surface area (Å²) in [6.45, 7) is 0.643. The van der Waals surface area contributed by atoms with E-state index in [1.165, 1.54) is 4.90 Å². The van der Waals surface area contributed by atoms with Crippen molar-refractivity contribution < 1.29 is 29.3 Å². The molecule has 0 unspecified atom stereocenters. The molecule has 5 rings (SSSR count). The number of pyridine rings is 1. The number of nitrogen functional groups attached to an aromatic ring is 1. The minimum Gasteiger partial charge on any atom is -0.398 e. The molecule has 2 aromatic heterocycles. The van der Waals surface area contributed by atoms with Crippen molar-refractivity contribution in [3.8, 4) is 0 Å². The number of nitrogens with two attached hydrogens (primary N) is 1. The molecule has 1 saturated heterocycles. The minimum absolute atomic E-state index is 0.0838. The van der Waals surface area contributed by atoms with Crippen LogP contribution in [0.15, 0.2) is 35.4 Å². The van der Waals surface area contributed by atoms with Gasteiger partial charge in [0.2, 0.25) is 0 Å². The molecule has 0 spiro atoms. The number of hydrogen-bond acceptors (Lipinski definition) is 5. The standard InChI is InChI=1S/C22H24F5N5O2S/c23-35(24,25,26,27)15-1-2-17(18(28)11-15)22(34)32-7-4-12(5-8-32)16-3-6-29-21-19(16)30-20(31-21)13-9-14(33)10-13/h1-3,6,11-14,33H,4-5,7-10,28H2,(H,29,30,31)/t13-,14+. The molecular formula is C22H24F5N5O2S. The predicted molar refractivity (Wildman–Crippen MR) is 122 cm³/mol. The molecule has 13 heteroatoms. The predicted octanol–water partition coefficient (Wildman–Crippen LogP) is 5.46. The lowest BCUT2D eigenvalue weighted by Crippen LogP contribution is -2.38. The fourth-order valence-electron chi connectivity index (χ4n) is 4.82. The molecule has 2 aliphatic rings. The molecule has 7 nitrogen and oxygen atoms in total. The number of piperidine rings is 1. The smallest absolute Gasteiger partial charge is 0.310 e. The Bertz CT molecular complexity index is 1320. The highest BCUT2D eigenvalue weighted by atomic mass is 32.5. The van der Waals surface area contributed by atoms with Gasteiger partial charge in [0.05, 0.1) is 11.7 Å². The highest BCUT2D eigenvalue weighted by molar-refractivity contribution is 8.45. The van der Waals surface area contributed by atoms with E-state index in [2.05, 4.69) is 9.97 Å². The second-order valence-electron chi connectivity index (χ2n) is 9.33. The van der Waals surface area contributed by atoms with Crippen LogP contribution in [-0.4, -0.2) is 50.1 Å². The number of nitrogens with zero attached hydrogens (tertiary/aromatic N) is 3. The fraction of sp³-hybridized carbons (Fsp3) is 0.409. The molecule has 1 aliphatic heterocycles. The first kappa shape index (κ1) is 23.8. The zero-order valence-corrected chi connectivity index (χ0v) is 19.3. The summed E-state index contributed by atoms with van der Waals surface area (Å²) in [6.07, 6.45) is 3.86. The molecule has 0 atom stereocenters. The van der Waals surface area contributed by atoms with Crippen LogP contribution >= 0.6 is 10.2 Å². The van der Waals surface area contributed by atoms with Crippen LogP contribution in [0.3, 0.4) is 0 Å². The van der Waals surface area contributed by atoms with Gasteiger partial charge in [-0.1, -0.05) is 19.4 Å². The minimum atomic E-state index is -9.88. The number of likely N-dealkylation sites (tertiary alicyclic amines) is 1. The molecule has 1 aromatic carbocycles. The van der Waals surface area contributed by atoms with Gasteiger partial charge in [0, 0.05) is 30.9 Å². The number of benzene rings is 1.